The van der Waals surface area contributed by atoms with Gasteiger partial charge in [-0.15, -0.1) is 0 Å². The van der Waals surface area contributed by atoms with Crippen LogP contribution in [0.3, 0.4) is 0 Å². The van der Waals surface area contributed by atoms with Crippen LogP contribution in [0.4, 0.5) is 0 Å². The maximum atomic E-state index is 13.3. The van der Waals surface area contributed by atoms with Crippen LogP contribution in [0, 0.1) is 29.1 Å². The molecule has 5 aliphatic carbocycles. The second-order valence-corrected chi connectivity index (χ2v) is 14.0. The molecule has 4 bridgehead atoms. The fourth-order valence-electron chi connectivity index (χ4n) is 8.58. The van der Waals surface area contributed by atoms with Crippen LogP contribution >= 0.6 is 0 Å². The molecule has 33 heavy (non-hydrogen) atoms. The van der Waals surface area contributed by atoms with E-state index in [-0.39, 0.29) is 11.8 Å². The normalized spacial score (nSPS) is 33.9. The first-order chi connectivity index (χ1) is 15.8. The Morgan fingerprint density at radius 1 is 1.00 bits per heavy atom. The highest BCUT2D eigenvalue weighted by molar-refractivity contribution is 7.89. The van der Waals surface area contributed by atoms with Gasteiger partial charge in [-0.1, -0.05) is 6.07 Å². The molecule has 5 fully saturated rings. The SMILES string of the molecule is CN(CC12CC3CC(CC(C3)C1)C2)C(=O)C1CCN(S(=O)(=O)c2ccc3c(c2)CCC3)CC1. The molecule has 0 unspecified atom stereocenters. The number of carbonyl (C=O) groups excluding carboxylic acids is 1. The van der Waals surface area contributed by atoms with Crippen molar-refractivity contribution in [2.45, 2.75) is 75.5 Å². The quantitative estimate of drug-likeness (QED) is 0.646. The van der Waals surface area contributed by atoms with Gasteiger partial charge in [0.15, 0.2) is 0 Å². The van der Waals surface area contributed by atoms with E-state index in [9.17, 15) is 13.2 Å². The van der Waals surface area contributed by atoms with Gasteiger partial charge in [-0.05, 0) is 117 Å². The highest BCUT2D eigenvalue weighted by atomic mass is 32.2. The van der Waals surface area contributed by atoms with Crippen molar-refractivity contribution in [3.63, 3.8) is 0 Å². The number of hydrogen-bond acceptors (Lipinski definition) is 3. The number of hydrogen-bond donors (Lipinski definition) is 0. The van der Waals surface area contributed by atoms with E-state index in [0.717, 1.165) is 43.6 Å². The van der Waals surface area contributed by atoms with Crippen LogP contribution in [0.5, 0.6) is 0 Å². The molecule has 0 atom stereocenters. The minimum atomic E-state index is -3.48. The molecule has 0 radical (unpaired) electrons. The van der Waals surface area contributed by atoms with Gasteiger partial charge >= 0.3 is 0 Å². The molecule has 0 spiro atoms. The molecule has 180 valence electrons. The predicted octanol–water partition coefficient (Wildman–Crippen LogP) is 4.25. The number of sulfonamides is 1. The van der Waals surface area contributed by atoms with Crippen LogP contribution in [-0.2, 0) is 27.7 Å². The molecule has 1 aromatic carbocycles. The number of rotatable bonds is 5. The maximum Gasteiger partial charge on any atom is 0.243 e. The fraction of sp³-hybridized carbons (Fsp3) is 0.741. The molecule has 6 aliphatic rings. The van der Waals surface area contributed by atoms with Crippen molar-refractivity contribution in [2.24, 2.45) is 29.1 Å². The Morgan fingerprint density at radius 2 is 1.61 bits per heavy atom. The predicted molar refractivity (Wildman–Crippen MR) is 128 cm³/mol. The second kappa shape index (κ2) is 8.08. The molecule has 4 saturated carbocycles. The summed E-state index contributed by atoms with van der Waals surface area (Å²) < 4.78 is 28.1. The first-order valence-electron chi connectivity index (χ1n) is 13.2. The third kappa shape index (κ3) is 3.95. The van der Waals surface area contributed by atoms with Crippen LogP contribution in [0.1, 0.15) is 68.9 Å². The summed E-state index contributed by atoms with van der Waals surface area (Å²) in [5.74, 6) is 2.88. The highest BCUT2D eigenvalue weighted by Crippen LogP contribution is 2.60. The van der Waals surface area contributed by atoms with Crippen LogP contribution in [0.2, 0.25) is 0 Å². The number of benzene rings is 1. The average molecular weight is 471 g/mol. The first kappa shape index (κ1) is 22.1. The Balaban J connectivity index is 1.08. The van der Waals surface area contributed by atoms with Crippen molar-refractivity contribution in [2.75, 3.05) is 26.7 Å². The lowest BCUT2D eigenvalue weighted by Crippen LogP contribution is -2.52. The Bertz CT molecular complexity index is 1010. The van der Waals surface area contributed by atoms with E-state index < -0.39 is 10.0 Å². The van der Waals surface area contributed by atoms with Gasteiger partial charge < -0.3 is 4.90 Å². The average Bonchev–Trinajstić information content (AvgIpc) is 3.25. The number of nitrogens with zero attached hydrogens (tertiary/aromatic N) is 2. The number of carbonyl (C=O) groups is 1. The Hall–Kier alpha value is -1.40. The summed E-state index contributed by atoms with van der Waals surface area (Å²) in [6, 6.07) is 5.65. The molecular formula is C27H38N2O3S. The summed E-state index contributed by atoms with van der Waals surface area (Å²) in [5, 5.41) is 0. The van der Waals surface area contributed by atoms with Crippen LogP contribution in [-0.4, -0.2) is 50.2 Å². The molecule has 7 rings (SSSR count). The second-order valence-electron chi connectivity index (χ2n) is 12.1. The van der Waals surface area contributed by atoms with E-state index in [0.29, 0.717) is 36.2 Å². The smallest absolute Gasteiger partial charge is 0.243 e. The summed E-state index contributed by atoms with van der Waals surface area (Å²) in [6.07, 6.45) is 12.6. The lowest BCUT2D eigenvalue weighted by molar-refractivity contribution is -0.140. The van der Waals surface area contributed by atoms with Gasteiger partial charge in [-0.2, -0.15) is 4.31 Å². The van der Waals surface area contributed by atoms with Gasteiger partial charge in [0, 0.05) is 32.6 Å². The van der Waals surface area contributed by atoms with Gasteiger partial charge in [0.05, 0.1) is 4.90 Å². The van der Waals surface area contributed by atoms with Crippen molar-refractivity contribution in [3.05, 3.63) is 29.3 Å². The Kier molecular flexibility index (Phi) is 5.41. The zero-order valence-electron chi connectivity index (χ0n) is 20.0. The third-order valence-corrected chi connectivity index (χ3v) is 11.5. The molecule has 0 aromatic heterocycles. The fourth-order valence-corrected chi connectivity index (χ4v) is 10.1. The minimum Gasteiger partial charge on any atom is -0.345 e. The lowest BCUT2D eigenvalue weighted by atomic mass is 9.49. The number of amides is 1. The van der Waals surface area contributed by atoms with Crippen molar-refractivity contribution < 1.29 is 13.2 Å². The zero-order valence-corrected chi connectivity index (χ0v) is 20.8. The van der Waals surface area contributed by atoms with Crippen molar-refractivity contribution >= 4 is 15.9 Å². The van der Waals surface area contributed by atoms with E-state index in [1.807, 2.05) is 24.1 Å². The molecular weight excluding hydrogens is 432 g/mol. The molecule has 6 heteroatoms. The number of fused-ring (bicyclic) bond motifs is 1. The van der Waals surface area contributed by atoms with Crippen LogP contribution in [0.25, 0.3) is 0 Å². The molecule has 5 nitrogen and oxygen atoms in total. The van der Waals surface area contributed by atoms with Crippen molar-refractivity contribution in [1.82, 2.24) is 9.21 Å². The van der Waals surface area contributed by atoms with Crippen LogP contribution < -0.4 is 0 Å². The molecule has 1 heterocycles. The van der Waals surface area contributed by atoms with E-state index in [1.54, 1.807) is 10.4 Å². The first-order valence-corrected chi connectivity index (χ1v) is 14.6. The van der Waals surface area contributed by atoms with Gasteiger partial charge in [0.2, 0.25) is 15.9 Å². The number of piperidine rings is 1. The van der Waals surface area contributed by atoms with E-state index in [2.05, 4.69) is 0 Å². The molecule has 1 saturated heterocycles. The van der Waals surface area contributed by atoms with E-state index in [4.69, 9.17) is 0 Å². The van der Waals surface area contributed by atoms with Crippen LogP contribution in [0.15, 0.2) is 23.1 Å². The minimum absolute atomic E-state index is 0.0459. The Morgan fingerprint density at radius 3 is 2.24 bits per heavy atom. The standard InChI is InChI=1S/C27H38N2O3S/c1-28(18-27-15-19-11-20(16-27)13-21(12-19)17-27)26(30)23-7-9-29(10-8-23)33(31,32)25-6-5-22-3-2-4-24(22)14-25/h5-6,14,19-21,23H,2-4,7-13,15-18H2,1H3. The van der Waals surface area contributed by atoms with Gasteiger partial charge in [0.1, 0.15) is 0 Å². The molecule has 1 aliphatic heterocycles. The largest absolute Gasteiger partial charge is 0.345 e. The van der Waals surface area contributed by atoms with Crippen molar-refractivity contribution in [3.8, 4) is 0 Å². The monoisotopic (exact) mass is 470 g/mol. The van der Waals surface area contributed by atoms with Crippen molar-refractivity contribution in [1.29, 1.82) is 0 Å². The summed E-state index contributed by atoms with van der Waals surface area (Å²) in [6.45, 7) is 1.80. The summed E-state index contributed by atoms with van der Waals surface area (Å²) in [5.41, 5.74) is 2.84. The summed E-state index contributed by atoms with van der Waals surface area (Å²) in [4.78, 5) is 15.8. The summed E-state index contributed by atoms with van der Waals surface area (Å²) in [7, 11) is -1.49. The Labute approximate surface area is 199 Å². The molecule has 1 amide bonds. The third-order valence-electron chi connectivity index (χ3n) is 9.62. The molecule has 1 aromatic rings. The summed E-state index contributed by atoms with van der Waals surface area (Å²) >= 11 is 0. The topological polar surface area (TPSA) is 57.7 Å². The highest BCUT2D eigenvalue weighted by Gasteiger charge is 2.51. The lowest BCUT2D eigenvalue weighted by Gasteiger charge is -2.57. The molecule has 0 N–H and O–H groups in total. The van der Waals surface area contributed by atoms with E-state index >= 15 is 0 Å². The van der Waals surface area contributed by atoms with Gasteiger partial charge in [-0.3, -0.25) is 4.79 Å². The maximum absolute atomic E-state index is 13.3. The number of aryl methyl sites for hydroxylation is 2. The zero-order chi connectivity index (χ0) is 22.8. The van der Waals surface area contributed by atoms with Gasteiger partial charge in [-0.25, -0.2) is 8.42 Å². The van der Waals surface area contributed by atoms with E-state index in [1.165, 1.54) is 49.7 Å². The van der Waals surface area contributed by atoms with Gasteiger partial charge in [0.25, 0.3) is 0 Å².